The first-order valence-electron chi connectivity index (χ1n) is 6.86. The molecule has 0 heterocycles. The van der Waals surface area contributed by atoms with Gasteiger partial charge in [0.1, 0.15) is 0 Å². The second-order valence-corrected chi connectivity index (χ2v) is 5.09. The SMILES string of the molecule is CC(C)c1cccc(NC(N)=NCc2ccccc2)c1. The van der Waals surface area contributed by atoms with Gasteiger partial charge in [0.15, 0.2) is 5.96 Å². The molecule has 3 heteroatoms. The second kappa shape index (κ2) is 6.75. The molecular weight excluding hydrogens is 246 g/mol. The molecule has 0 spiro atoms. The maximum atomic E-state index is 5.92. The van der Waals surface area contributed by atoms with Crippen molar-refractivity contribution < 1.29 is 0 Å². The van der Waals surface area contributed by atoms with E-state index in [1.165, 1.54) is 5.56 Å². The molecule has 0 aliphatic carbocycles. The van der Waals surface area contributed by atoms with E-state index in [0.29, 0.717) is 18.4 Å². The van der Waals surface area contributed by atoms with Crippen molar-refractivity contribution in [3.8, 4) is 0 Å². The summed E-state index contributed by atoms with van der Waals surface area (Å²) in [5.74, 6) is 0.939. The van der Waals surface area contributed by atoms with Crippen LogP contribution >= 0.6 is 0 Å². The van der Waals surface area contributed by atoms with Gasteiger partial charge >= 0.3 is 0 Å². The largest absolute Gasteiger partial charge is 0.370 e. The van der Waals surface area contributed by atoms with Gasteiger partial charge in [0.05, 0.1) is 6.54 Å². The van der Waals surface area contributed by atoms with E-state index in [2.05, 4.69) is 36.3 Å². The van der Waals surface area contributed by atoms with Crippen molar-refractivity contribution in [1.29, 1.82) is 0 Å². The lowest BCUT2D eigenvalue weighted by molar-refractivity contribution is 0.867. The predicted molar refractivity (Wildman–Crippen MR) is 85.9 cm³/mol. The van der Waals surface area contributed by atoms with Crippen LogP contribution in [0.2, 0.25) is 0 Å². The summed E-state index contributed by atoms with van der Waals surface area (Å²) in [6.07, 6.45) is 0. The van der Waals surface area contributed by atoms with E-state index in [1.807, 2.05) is 42.5 Å². The van der Waals surface area contributed by atoms with Crippen LogP contribution in [0.3, 0.4) is 0 Å². The lowest BCUT2D eigenvalue weighted by Gasteiger charge is -2.10. The number of hydrogen-bond acceptors (Lipinski definition) is 1. The molecule has 3 N–H and O–H groups in total. The topological polar surface area (TPSA) is 50.4 Å². The van der Waals surface area contributed by atoms with Crippen molar-refractivity contribution in [3.63, 3.8) is 0 Å². The zero-order chi connectivity index (χ0) is 14.4. The molecule has 20 heavy (non-hydrogen) atoms. The summed E-state index contributed by atoms with van der Waals surface area (Å²) in [5.41, 5.74) is 9.33. The van der Waals surface area contributed by atoms with Gasteiger partial charge in [-0.2, -0.15) is 0 Å². The van der Waals surface area contributed by atoms with E-state index in [0.717, 1.165) is 11.3 Å². The van der Waals surface area contributed by atoms with Gasteiger partial charge in [0.25, 0.3) is 0 Å². The van der Waals surface area contributed by atoms with Crippen LogP contribution in [0, 0.1) is 0 Å². The minimum Gasteiger partial charge on any atom is -0.370 e. The lowest BCUT2D eigenvalue weighted by atomic mass is 10.0. The molecule has 0 aliphatic rings. The van der Waals surface area contributed by atoms with Crippen molar-refractivity contribution in [3.05, 3.63) is 65.7 Å². The number of rotatable bonds is 4. The second-order valence-electron chi connectivity index (χ2n) is 5.09. The van der Waals surface area contributed by atoms with Crippen molar-refractivity contribution in [2.45, 2.75) is 26.3 Å². The van der Waals surface area contributed by atoms with Crippen LogP contribution in [0.4, 0.5) is 5.69 Å². The van der Waals surface area contributed by atoms with Gasteiger partial charge in [0, 0.05) is 5.69 Å². The molecule has 0 saturated heterocycles. The third-order valence-electron chi connectivity index (χ3n) is 3.10. The molecule has 0 aliphatic heterocycles. The summed E-state index contributed by atoms with van der Waals surface area (Å²) in [5, 5.41) is 3.14. The van der Waals surface area contributed by atoms with E-state index in [1.54, 1.807) is 0 Å². The third kappa shape index (κ3) is 4.12. The number of aliphatic imine (C=N–C) groups is 1. The highest BCUT2D eigenvalue weighted by Gasteiger charge is 2.01. The number of anilines is 1. The minimum absolute atomic E-state index is 0.440. The minimum atomic E-state index is 0.440. The summed E-state index contributed by atoms with van der Waals surface area (Å²) in [7, 11) is 0. The standard InChI is InChI=1S/C17H21N3/c1-13(2)15-9-6-10-16(11-15)20-17(18)19-12-14-7-4-3-5-8-14/h3-11,13H,12H2,1-2H3,(H3,18,19,20). The van der Waals surface area contributed by atoms with Crippen LogP contribution in [0.15, 0.2) is 59.6 Å². The predicted octanol–water partition coefficient (Wildman–Crippen LogP) is 3.74. The van der Waals surface area contributed by atoms with Gasteiger partial charge < -0.3 is 11.1 Å². The van der Waals surface area contributed by atoms with Crippen LogP contribution in [0.5, 0.6) is 0 Å². The number of benzene rings is 2. The Morgan fingerprint density at radius 3 is 2.55 bits per heavy atom. The van der Waals surface area contributed by atoms with E-state index in [9.17, 15) is 0 Å². The smallest absolute Gasteiger partial charge is 0.193 e. The Morgan fingerprint density at radius 2 is 1.85 bits per heavy atom. The molecule has 2 rings (SSSR count). The van der Waals surface area contributed by atoms with Crippen LogP contribution in [0.25, 0.3) is 0 Å². The molecule has 104 valence electrons. The Bertz CT molecular complexity index is 574. The average molecular weight is 267 g/mol. The van der Waals surface area contributed by atoms with Crippen LogP contribution in [-0.2, 0) is 6.54 Å². The number of guanidine groups is 1. The summed E-state index contributed by atoms with van der Waals surface area (Å²) >= 11 is 0. The van der Waals surface area contributed by atoms with Crippen molar-refractivity contribution in [1.82, 2.24) is 0 Å². The van der Waals surface area contributed by atoms with Gasteiger partial charge in [0.2, 0.25) is 0 Å². The summed E-state index contributed by atoms with van der Waals surface area (Å²) in [6, 6.07) is 18.3. The van der Waals surface area contributed by atoms with E-state index >= 15 is 0 Å². The zero-order valence-corrected chi connectivity index (χ0v) is 12.0. The molecular formula is C17H21N3. The highest BCUT2D eigenvalue weighted by Crippen LogP contribution is 2.18. The Hall–Kier alpha value is -2.29. The Labute approximate surface area is 120 Å². The average Bonchev–Trinajstić information content (AvgIpc) is 2.46. The number of nitrogens with zero attached hydrogens (tertiary/aromatic N) is 1. The van der Waals surface area contributed by atoms with E-state index in [-0.39, 0.29) is 0 Å². The maximum Gasteiger partial charge on any atom is 0.193 e. The van der Waals surface area contributed by atoms with Gasteiger partial charge in [-0.3, -0.25) is 0 Å². The van der Waals surface area contributed by atoms with Gasteiger partial charge in [-0.05, 0) is 29.2 Å². The fourth-order valence-corrected chi connectivity index (χ4v) is 1.92. The number of nitrogens with two attached hydrogens (primary N) is 1. The third-order valence-corrected chi connectivity index (χ3v) is 3.10. The van der Waals surface area contributed by atoms with Gasteiger partial charge in [-0.15, -0.1) is 0 Å². The molecule has 0 atom stereocenters. The van der Waals surface area contributed by atoms with Crippen molar-refractivity contribution in [2.75, 3.05) is 5.32 Å². The number of hydrogen-bond donors (Lipinski definition) is 2. The van der Waals surface area contributed by atoms with E-state index in [4.69, 9.17) is 5.73 Å². The Morgan fingerprint density at radius 1 is 1.10 bits per heavy atom. The molecule has 0 aromatic heterocycles. The maximum absolute atomic E-state index is 5.92. The fraction of sp³-hybridized carbons (Fsp3) is 0.235. The normalized spacial score (nSPS) is 11.7. The molecule has 0 unspecified atom stereocenters. The zero-order valence-electron chi connectivity index (χ0n) is 12.0. The summed E-state index contributed by atoms with van der Waals surface area (Å²) in [4.78, 5) is 4.35. The van der Waals surface area contributed by atoms with Crippen LogP contribution in [0.1, 0.15) is 30.9 Å². The monoisotopic (exact) mass is 267 g/mol. The molecule has 3 nitrogen and oxygen atoms in total. The molecule has 2 aromatic carbocycles. The molecule has 2 aromatic rings. The van der Waals surface area contributed by atoms with Crippen LogP contribution < -0.4 is 11.1 Å². The molecule has 0 radical (unpaired) electrons. The fourth-order valence-electron chi connectivity index (χ4n) is 1.92. The van der Waals surface area contributed by atoms with E-state index < -0.39 is 0 Å². The van der Waals surface area contributed by atoms with Crippen molar-refractivity contribution >= 4 is 11.6 Å². The first kappa shape index (κ1) is 14.1. The highest BCUT2D eigenvalue weighted by molar-refractivity contribution is 5.92. The quantitative estimate of drug-likeness (QED) is 0.655. The molecule has 0 bridgehead atoms. The summed E-state index contributed by atoms with van der Waals surface area (Å²) < 4.78 is 0. The molecule has 0 saturated carbocycles. The number of nitrogens with one attached hydrogen (secondary N) is 1. The first-order valence-corrected chi connectivity index (χ1v) is 6.86. The lowest BCUT2D eigenvalue weighted by Crippen LogP contribution is -2.22. The van der Waals surface area contributed by atoms with Crippen LogP contribution in [-0.4, -0.2) is 5.96 Å². The van der Waals surface area contributed by atoms with Gasteiger partial charge in [-0.1, -0.05) is 56.3 Å². The molecule has 0 fully saturated rings. The summed E-state index contributed by atoms with van der Waals surface area (Å²) in [6.45, 7) is 4.93. The molecule has 0 amide bonds. The Balaban J connectivity index is 2.00. The van der Waals surface area contributed by atoms with Crippen molar-refractivity contribution in [2.24, 2.45) is 10.7 Å². The highest BCUT2D eigenvalue weighted by atomic mass is 15.1. The van der Waals surface area contributed by atoms with Gasteiger partial charge in [-0.25, -0.2) is 4.99 Å². The first-order chi connectivity index (χ1) is 9.65. The Kier molecular flexibility index (Phi) is 4.77.